The molecular formula is C21H32ClN3O2S. The van der Waals surface area contributed by atoms with Crippen LogP contribution in [0, 0.1) is 37.0 Å². The largest absolute Gasteiger partial charge is 0.379 e. The van der Waals surface area contributed by atoms with Crippen molar-refractivity contribution < 1.29 is 9.53 Å². The fourth-order valence-electron chi connectivity index (χ4n) is 6.37. The van der Waals surface area contributed by atoms with E-state index in [2.05, 4.69) is 23.3 Å². The van der Waals surface area contributed by atoms with E-state index in [0.717, 1.165) is 74.8 Å². The molecule has 1 amide bonds. The molecule has 0 radical (unpaired) electrons. The summed E-state index contributed by atoms with van der Waals surface area (Å²) in [7, 11) is 0. The highest BCUT2D eigenvalue weighted by atomic mass is 35.5. The maximum Gasteiger partial charge on any atom is 0.254 e. The molecule has 5 aliphatic rings. The van der Waals surface area contributed by atoms with Crippen molar-refractivity contribution in [2.75, 3.05) is 26.3 Å². The van der Waals surface area contributed by atoms with E-state index in [1.165, 1.54) is 29.8 Å². The molecule has 1 aromatic rings. The van der Waals surface area contributed by atoms with E-state index >= 15 is 0 Å². The first-order valence-electron chi connectivity index (χ1n) is 10.6. The van der Waals surface area contributed by atoms with E-state index < -0.39 is 0 Å². The highest BCUT2D eigenvalue weighted by molar-refractivity contribution is 7.09. The Labute approximate surface area is 177 Å². The van der Waals surface area contributed by atoms with E-state index in [1.54, 1.807) is 11.3 Å². The quantitative estimate of drug-likeness (QED) is 0.744. The Morgan fingerprint density at radius 2 is 1.68 bits per heavy atom. The van der Waals surface area contributed by atoms with Gasteiger partial charge in [-0.05, 0) is 70.1 Å². The van der Waals surface area contributed by atoms with Gasteiger partial charge >= 0.3 is 0 Å². The number of aromatic nitrogens is 1. The van der Waals surface area contributed by atoms with Crippen molar-refractivity contribution in [2.24, 2.45) is 28.2 Å². The van der Waals surface area contributed by atoms with Crippen molar-refractivity contribution in [3.8, 4) is 0 Å². The molecule has 5 fully saturated rings. The zero-order chi connectivity index (χ0) is 18.6. The molecule has 156 valence electrons. The summed E-state index contributed by atoms with van der Waals surface area (Å²) in [6.07, 6.45) is 7.36. The van der Waals surface area contributed by atoms with Crippen molar-refractivity contribution in [1.29, 1.82) is 0 Å². The lowest BCUT2D eigenvalue weighted by Gasteiger charge is -2.55. The number of ether oxygens (including phenoxy) is 1. The van der Waals surface area contributed by atoms with E-state index in [0.29, 0.717) is 0 Å². The van der Waals surface area contributed by atoms with Gasteiger partial charge in [0, 0.05) is 23.7 Å². The van der Waals surface area contributed by atoms with Crippen molar-refractivity contribution in [2.45, 2.75) is 59.0 Å². The minimum atomic E-state index is -0.142. The second kappa shape index (κ2) is 7.86. The molecule has 6 rings (SSSR count). The molecule has 0 unspecified atom stereocenters. The summed E-state index contributed by atoms with van der Waals surface area (Å²) in [5, 5.41) is 0. The molecule has 4 aliphatic carbocycles. The fourth-order valence-corrected chi connectivity index (χ4v) is 7.33. The zero-order valence-electron chi connectivity index (χ0n) is 17.0. The average molecular weight is 426 g/mol. The van der Waals surface area contributed by atoms with Crippen LogP contribution in [0.2, 0.25) is 0 Å². The summed E-state index contributed by atoms with van der Waals surface area (Å²) < 4.78 is 7.73. The predicted octanol–water partition coefficient (Wildman–Crippen LogP) is 3.52. The smallest absolute Gasteiger partial charge is 0.254 e. The van der Waals surface area contributed by atoms with Gasteiger partial charge in [-0.2, -0.15) is 4.99 Å². The van der Waals surface area contributed by atoms with Crippen LogP contribution in [0.4, 0.5) is 0 Å². The van der Waals surface area contributed by atoms with Crippen LogP contribution in [-0.4, -0.2) is 41.7 Å². The normalized spacial score (nSPS) is 35.2. The second-order valence-corrected chi connectivity index (χ2v) is 10.6. The van der Waals surface area contributed by atoms with Crippen molar-refractivity contribution in [3.05, 3.63) is 15.4 Å². The highest BCUT2D eigenvalue weighted by Gasteiger charge is 2.54. The number of thiazole rings is 1. The number of halogens is 1. The standard InChI is InChI=1S/C21H31N3O2S.ClH/c1-14-15(2)27-20(24(14)13-23-3-5-26-6-4-23)22-19(25)21-10-16-7-17(11-21)9-18(8-16)12-21;/h16-18H,3-13H2,1-2H3;1H. The van der Waals surface area contributed by atoms with Gasteiger partial charge in [0.2, 0.25) is 0 Å². The number of rotatable bonds is 3. The fraction of sp³-hybridized carbons (Fsp3) is 0.810. The second-order valence-electron chi connectivity index (χ2n) is 9.44. The minimum Gasteiger partial charge on any atom is -0.379 e. The summed E-state index contributed by atoms with van der Waals surface area (Å²) in [4.78, 5) is 22.8. The predicted molar refractivity (Wildman–Crippen MR) is 113 cm³/mol. The molecule has 1 saturated heterocycles. The molecule has 0 N–H and O–H groups in total. The number of hydrogen-bond acceptors (Lipinski definition) is 4. The third-order valence-electron chi connectivity index (χ3n) is 7.52. The Balaban J connectivity index is 0.00000192. The molecule has 0 atom stereocenters. The van der Waals surface area contributed by atoms with Crippen LogP contribution in [-0.2, 0) is 16.2 Å². The van der Waals surface area contributed by atoms with Gasteiger partial charge in [-0.1, -0.05) is 0 Å². The van der Waals surface area contributed by atoms with Crippen molar-refractivity contribution in [1.82, 2.24) is 9.47 Å². The van der Waals surface area contributed by atoms with Gasteiger partial charge in [0.15, 0.2) is 4.80 Å². The molecule has 2 heterocycles. The van der Waals surface area contributed by atoms with Gasteiger partial charge in [0.25, 0.3) is 5.91 Å². The Morgan fingerprint density at radius 3 is 2.25 bits per heavy atom. The number of carbonyl (C=O) groups is 1. The van der Waals surface area contributed by atoms with Crippen LogP contribution >= 0.6 is 23.7 Å². The van der Waals surface area contributed by atoms with Crippen LogP contribution < -0.4 is 4.80 Å². The summed E-state index contributed by atoms with van der Waals surface area (Å²) in [5.41, 5.74) is 1.10. The number of nitrogens with zero attached hydrogens (tertiary/aromatic N) is 3. The van der Waals surface area contributed by atoms with E-state index in [-0.39, 0.29) is 23.7 Å². The Morgan fingerprint density at radius 1 is 1.11 bits per heavy atom. The lowest BCUT2D eigenvalue weighted by atomic mass is 9.49. The first-order chi connectivity index (χ1) is 13.0. The third kappa shape index (κ3) is 3.62. The molecule has 4 bridgehead atoms. The number of morpholine rings is 1. The molecular weight excluding hydrogens is 394 g/mol. The van der Waals surface area contributed by atoms with Crippen LogP contribution in [0.25, 0.3) is 0 Å². The summed E-state index contributed by atoms with van der Waals surface area (Å²) >= 11 is 1.68. The Hall–Kier alpha value is -0.690. The number of aryl methyl sites for hydroxylation is 1. The zero-order valence-corrected chi connectivity index (χ0v) is 18.6. The molecule has 4 saturated carbocycles. The third-order valence-corrected chi connectivity index (χ3v) is 8.62. The van der Waals surface area contributed by atoms with Crippen molar-refractivity contribution >= 4 is 29.7 Å². The van der Waals surface area contributed by atoms with E-state index in [1.807, 2.05) is 0 Å². The summed E-state index contributed by atoms with van der Waals surface area (Å²) in [5.74, 6) is 2.52. The molecule has 0 aromatic carbocycles. The van der Waals surface area contributed by atoms with Crippen LogP contribution in [0.5, 0.6) is 0 Å². The number of amides is 1. The van der Waals surface area contributed by atoms with E-state index in [9.17, 15) is 4.79 Å². The first-order valence-corrected chi connectivity index (χ1v) is 11.4. The molecule has 7 heteroatoms. The summed E-state index contributed by atoms with van der Waals surface area (Å²) in [6.45, 7) is 8.59. The number of carbonyl (C=O) groups excluding carboxylic acids is 1. The first kappa shape index (κ1) is 20.6. The van der Waals surface area contributed by atoms with Gasteiger partial charge in [-0.3, -0.25) is 9.69 Å². The molecule has 5 nitrogen and oxygen atoms in total. The van der Waals surface area contributed by atoms with Crippen molar-refractivity contribution in [3.63, 3.8) is 0 Å². The molecule has 0 spiro atoms. The molecule has 28 heavy (non-hydrogen) atoms. The van der Waals surface area contributed by atoms with Gasteiger partial charge in [-0.25, -0.2) is 0 Å². The Kier molecular flexibility index (Phi) is 5.78. The Bertz CT molecular complexity index is 774. The number of hydrogen-bond donors (Lipinski definition) is 0. The van der Waals surface area contributed by atoms with Gasteiger partial charge in [0.1, 0.15) is 0 Å². The molecule has 1 aliphatic heterocycles. The average Bonchev–Trinajstić information content (AvgIpc) is 2.89. The maximum atomic E-state index is 13.4. The minimum absolute atomic E-state index is 0. The lowest BCUT2D eigenvalue weighted by molar-refractivity contribution is -0.142. The van der Waals surface area contributed by atoms with Gasteiger partial charge in [-0.15, -0.1) is 23.7 Å². The van der Waals surface area contributed by atoms with Crippen LogP contribution in [0.1, 0.15) is 49.1 Å². The summed E-state index contributed by atoms with van der Waals surface area (Å²) in [6, 6.07) is 0. The highest BCUT2D eigenvalue weighted by Crippen LogP contribution is 2.60. The van der Waals surface area contributed by atoms with E-state index in [4.69, 9.17) is 9.73 Å². The topological polar surface area (TPSA) is 46.8 Å². The SMILES string of the molecule is Cc1sc(=NC(=O)C23CC4CC(CC(C4)C2)C3)n(CN2CCOCC2)c1C.Cl. The monoisotopic (exact) mass is 425 g/mol. The lowest BCUT2D eigenvalue weighted by Crippen LogP contribution is -2.50. The molecule has 1 aromatic heterocycles. The van der Waals surface area contributed by atoms with Crippen LogP contribution in [0.3, 0.4) is 0 Å². The maximum absolute atomic E-state index is 13.4. The van der Waals surface area contributed by atoms with Crippen LogP contribution in [0.15, 0.2) is 4.99 Å². The van der Waals surface area contributed by atoms with Gasteiger partial charge in [0.05, 0.1) is 25.3 Å². The van der Waals surface area contributed by atoms with Gasteiger partial charge < -0.3 is 9.30 Å².